The molecule has 1 aromatic heterocycles. The van der Waals surface area contributed by atoms with Crippen molar-refractivity contribution < 1.29 is 9.59 Å². The summed E-state index contributed by atoms with van der Waals surface area (Å²) in [5, 5.41) is 7.96. The van der Waals surface area contributed by atoms with Crippen LogP contribution in [0, 0.1) is 0 Å². The zero-order valence-electron chi connectivity index (χ0n) is 11.6. The van der Waals surface area contributed by atoms with E-state index in [2.05, 4.69) is 23.4 Å². The fraction of sp³-hybridized carbons (Fsp3) is 0.400. The minimum absolute atomic E-state index is 0.194. The van der Waals surface area contributed by atoms with E-state index in [0.29, 0.717) is 12.8 Å². The van der Waals surface area contributed by atoms with Gasteiger partial charge in [0.2, 0.25) is 11.8 Å². The highest BCUT2D eigenvalue weighted by Crippen LogP contribution is 2.31. The van der Waals surface area contributed by atoms with Gasteiger partial charge in [-0.2, -0.15) is 5.10 Å². The molecule has 1 unspecified atom stereocenters. The Hall–Kier alpha value is -2.17. The molecule has 1 aliphatic rings. The first kappa shape index (κ1) is 12.8. The number of para-hydroxylation sites is 1. The molecule has 5 nitrogen and oxygen atoms in total. The van der Waals surface area contributed by atoms with Crippen LogP contribution in [0.5, 0.6) is 0 Å². The van der Waals surface area contributed by atoms with Crippen LogP contribution >= 0.6 is 0 Å². The van der Waals surface area contributed by atoms with E-state index in [-0.39, 0.29) is 17.7 Å². The topological polar surface area (TPSA) is 64.0 Å². The predicted octanol–water partition coefficient (Wildman–Crippen LogP) is 1.66. The van der Waals surface area contributed by atoms with Gasteiger partial charge in [-0.25, -0.2) is 0 Å². The summed E-state index contributed by atoms with van der Waals surface area (Å²) in [6, 6.07) is 6.08. The molecular weight excluding hydrogens is 254 g/mol. The van der Waals surface area contributed by atoms with Gasteiger partial charge in [0.1, 0.15) is 0 Å². The molecule has 1 aliphatic heterocycles. The molecule has 104 valence electrons. The number of benzene rings is 1. The summed E-state index contributed by atoms with van der Waals surface area (Å²) in [7, 11) is 1.90. The van der Waals surface area contributed by atoms with Crippen LogP contribution in [0.4, 0.5) is 0 Å². The van der Waals surface area contributed by atoms with Gasteiger partial charge in [-0.3, -0.25) is 19.6 Å². The fourth-order valence-corrected chi connectivity index (χ4v) is 2.94. The van der Waals surface area contributed by atoms with Crippen LogP contribution in [-0.4, -0.2) is 21.6 Å². The van der Waals surface area contributed by atoms with Crippen molar-refractivity contribution in [2.24, 2.45) is 7.05 Å². The van der Waals surface area contributed by atoms with Crippen LogP contribution in [0.25, 0.3) is 10.9 Å². The van der Waals surface area contributed by atoms with E-state index in [1.165, 1.54) is 5.56 Å². The standard InChI is InChI=1S/C15H17N3O2/c1-3-9-5-4-6-10-13(17-18(2)14(9)10)11-7-8-12(19)16-15(11)20/h4-6,11H,3,7-8H2,1-2H3,(H,16,19,20). The molecule has 1 fully saturated rings. The normalized spacial score (nSPS) is 19.4. The largest absolute Gasteiger partial charge is 0.296 e. The Morgan fingerprint density at radius 2 is 2.20 bits per heavy atom. The summed E-state index contributed by atoms with van der Waals surface area (Å²) in [6.45, 7) is 2.10. The molecule has 0 spiro atoms. The number of fused-ring (bicyclic) bond motifs is 1. The number of piperidine rings is 1. The maximum absolute atomic E-state index is 12.0. The average molecular weight is 271 g/mol. The minimum atomic E-state index is -0.330. The van der Waals surface area contributed by atoms with Crippen LogP contribution in [-0.2, 0) is 23.1 Å². The van der Waals surface area contributed by atoms with Crippen molar-refractivity contribution in [2.45, 2.75) is 32.1 Å². The number of rotatable bonds is 2. The lowest BCUT2D eigenvalue weighted by atomic mass is 9.92. The third kappa shape index (κ3) is 1.90. The molecule has 1 N–H and O–H groups in total. The fourth-order valence-electron chi connectivity index (χ4n) is 2.94. The van der Waals surface area contributed by atoms with Crippen molar-refractivity contribution in [3.63, 3.8) is 0 Å². The van der Waals surface area contributed by atoms with Gasteiger partial charge in [0.25, 0.3) is 0 Å². The highest BCUT2D eigenvalue weighted by molar-refractivity contribution is 6.02. The van der Waals surface area contributed by atoms with Gasteiger partial charge in [0.05, 0.1) is 17.1 Å². The molecule has 2 amide bonds. The first-order chi connectivity index (χ1) is 9.61. The molecule has 0 saturated carbocycles. The van der Waals surface area contributed by atoms with Crippen LogP contribution in [0.15, 0.2) is 18.2 Å². The molecule has 3 rings (SSSR count). The van der Waals surface area contributed by atoms with Crippen LogP contribution in [0.1, 0.15) is 36.9 Å². The lowest BCUT2D eigenvalue weighted by molar-refractivity contribution is -0.134. The van der Waals surface area contributed by atoms with Gasteiger partial charge >= 0.3 is 0 Å². The Kier molecular flexibility index (Phi) is 3.04. The Bertz CT molecular complexity index is 702. The number of aryl methyl sites for hydroxylation is 2. The lowest BCUT2D eigenvalue weighted by Crippen LogP contribution is -2.39. The second kappa shape index (κ2) is 4.74. The third-order valence-corrected chi connectivity index (χ3v) is 3.93. The van der Waals surface area contributed by atoms with Gasteiger partial charge in [-0.1, -0.05) is 25.1 Å². The molecule has 1 atom stereocenters. The zero-order chi connectivity index (χ0) is 14.3. The number of nitrogens with zero attached hydrogens (tertiary/aromatic N) is 2. The molecule has 20 heavy (non-hydrogen) atoms. The number of aromatic nitrogens is 2. The number of nitrogens with one attached hydrogen (secondary N) is 1. The van der Waals surface area contributed by atoms with E-state index in [0.717, 1.165) is 23.0 Å². The van der Waals surface area contributed by atoms with Crippen molar-refractivity contribution in [1.82, 2.24) is 15.1 Å². The van der Waals surface area contributed by atoms with Crippen molar-refractivity contribution >= 4 is 22.7 Å². The Balaban J connectivity index is 2.13. The lowest BCUT2D eigenvalue weighted by Gasteiger charge is -2.19. The number of carbonyl (C=O) groups is 2. The minimum Gasteiger partial charge on any atom is -0.296 e. The van der Waals surface area contributed by atoms with E-state index in [9.17, 15) is 9.59 Å². The Morgan fingerprint density at radius 3 is 2.90 bits per heavy atom. The molecular formula is C15H17N3O2. The van der Waals surface area contributed by atoms with E-state index >= 15 is 0 Å². The van der Waals surface area contributed by atoms with Crippen molar-refractivity contribution in [3.05, 3.63) is 29.5 Å². The number of imide groups is 1. The Labute approximate surface area is 117 Å². The summed E-state index contributed by atoms with van der Waals surface area (Å²) in [6.07, 6.45) is 1.83. The molecule has 2 heterocycles. The summed E-state index contributed by atoms with van der Waals surface area (Å²) < 4.78 is 1.84. The van der Waals surface area contributed by atoms with Crippen molar-refractivity contribution in [1.29, 1.82) is 0 Å². The predicted molar refractivity (Wildman–Crippen MR) is 75.2 cm³/mol. The quantitative estimate of drug-likeness (QED) is 0.845. The SMILES string of the molecule is CCc1cccc2c(C3CCC(=O)NC3=O)nn(C)c12. The van der Waals surface area contributed by atoms with E-state index in [4.69, 9.17) is 0 Å². The first-order valence-electron chi connectivity index (χ1n) is 6.90. The first-order valence-corrected chi connectivity index (χ1v) is 6.90. The van der Waals surface area contributed by atoms with Gasteiger partial charge in [-0.05, 0) is 18.4 Å². The molecule has 0 radical (unpaired) electrons. The van der Waals surface area contributed by atoms with Crippen molar-refractivity contribution in [2.75, 3.05) is 0 Å². The highest BCUT2D eigenvalue weighted by Gasteiger charge is 2.31. The summed E-state index contributed by atoms with van der Waals surface area (Å²) in [5.41, 5.74) is 3.08. The maximum Gasteiger partial charge on any atom is 0.235 e. The monoisotopic (exact) mass is 271 g/mol. The molecule has 1 saturated heterocycles. The number of carbonyl (C=O) groups excluding carboxylic acids is 2. The molecule has 0 bridgehead atoms. The maximum atomic E-state index is 12.0. The van der Waals surface area contributed by atoms with Gasteiger partial charge < -0.3 is 0 Å². The molecule has 5 heteroatoms. The molecule has 1 aromatic carbocycles. The smallest absolute Gasteiger partial charge is 0.235 e. The average Bonchev–Trinajstić information content (AvgIpc) is 2.76. The van der Waals surface area contributed by atoms with Gasteiger partial charge in [0.15, 0.2) is 0 Å². The summed E-state index contributed by atoms with van der Waals surface area (Å²) in [4.78, 5) is 23.3. The number of hydrogen-bond acceptors (Lipinski definition) is 3. The summed E-state index contributed by atoms with van der Waals surface area (Å²) >= 11 is 0. The zero-order valence-corrected chi connectivity index (χ0v) is 11.6. The second-order valence-corrected chi connectivity index (χ2v) is 5.18. The van der Waals surface area contributed by atoms with E-state index in [1.54, 1.807) is 0 Å². The van der Waals surface area contributed by atoms with E-state index < -0.39 is 0 Å². The molecule has 0 aliphatic carbocycles. The van der Waals surface area contributed by atoms with Crippen LogP contribution in [0.2, 0.25) is 0 Å². The van der Waals surface area contributed by atoms with Gasteiger partial charge in [-0.15, -0.1) is 0 Å². The second-order valence-electron chi connectivity index (χ2n) is 5.18. The van der Waals surface area contributed by atoms with Crippen molar-refractivity contribution in [3.8, 4) is 0 Å². The summed E-state index contributed by atoms with van der Waals surface area (Å²) in [5.74, 6) is -0.757. The number of amides is 2. The molecule has 2 aromatic rings. The third-order valence-electron chi connectivity index (χ3n) is 3.93. The number of hydrogen-bond donors (Lipinski definition) is 1. The Morgan fingerprint density at radius 1 is 1.40 bits per heavy atom. The van der Waals surface area contributed by atoms with Gasteiger partial charge in [0, 0.05) is 18.9 Å². The van der Waals surface area contributed by atoms with Crippen LogP contribution in [0.3, 0.4) is 0 Å². The van der Waals surface area contributed by atoms with E-state index in [1.807, 2.05) is 23.9 Å². The highest BCUT2D eigenvalue weighted by atomic mass is 16.2. The van der Waals surface area contributed by atoms with Crippen LogP contribution < -0.4 is 5.32 Å².